The molecule has 0 heterocycles. The first-order valence-electron chi connectivity index (χ1n) is 6.17. The van der Waals surface area contributed by atoms with Crippen molar-refractivity contribution in [3.8, 4) is 6.07 Å². The highest BCUT2D eigenvalue weighted by Gasteiger charge is 2.22. The maximum Gasteiger partial charge on any atom is 0.0998 e. The second-order valence-electron chi connectivity index (χ2n) is 5.91. The van der Waals surface area contributed by atoms with Crippen LogP contribution in [0, 0.1) is 11.3 Å². The molecule has 0 spiro atoms. The van der Waals surface area contributed by atoms with E-state index in [-0.39, 0.29) is 5.41 Å². The summed E-state index contributed by atoms with van der Waals surface area (Å²) in [6.07, 6.45) is 4.37. The van der Waals surface area contributed by atoms with Crippen molar-refractivity contribution in [3.63, 3.8) is 0 Å². The second-order valence-corrected chi connectivity index (χ2v) is 5.91. The lowest BCUT2D eigenvalue weighted by molar-refractivity contribution is 0.580. The average Bonchev–Trinajstić information content (AvgIpc) is 2.26. The fourth-order valence-electron chi connectivity index (χ4n) is 2.54. The van der Waals surface area contributed by atoms with Gasteiger partial charge in [0, 0.05) is 0 Å². The van der Waals surface area contributed by atoms with Gasteiger partial charge in [0.15, 0.2) is 0 Å². The van der Waals surface area contributed by atoms with Gasteiger partial charge in [0.2, 0.25) is 0 Å². The van der Waals surface area contributed by atoms with E-state index in [9.17, 15) is 5.26 Å². The van der Waals surface area contributed by atoms with Gasteiger partial charge >= 0.3 is 0 Å². The van der Waals surface area contributed by atoms with Gasteiger partial charge in [-0.2, -0.15) is 5.26 Å². The summed E-state index contributed by atoms with van der Waals surface area (Å²) < 4.78 is 0. The zero-order chi connectivity index (χ0) is 12.6. The van der Waals surface area contributed by atoms with E-state index >= 15 is 0 Å². The van der Waals surface area contributed by atoms with E-state index in [1.54, 1.807) is 0 Å². The van der Waals surface area contributed by atoms with Gasteiger partial charge in [-0.05, 0) is 47.9 Å². The van der Waals surface area contributed by atoms with Crippen LogP contribution in [-0.2, 0) is 11.8 Å². The molecule has 0 atom stereocenters. The topological polar surface area (TPSA) is 23.8 Å². The Hall–Kier alpha value is -1.55. The fourth-order valence-corrected chi connectivity index (χ4v) is 2.54. The molecule has 0 N–H and O–H groups in total. The molecule has 0 aromatic heterocycles. The van der Waals surface area contributed by atoms with Crippen molar-refractivity contribution in [1.82, 2.24) is 0 Å². The first-order valence-corrected chi connectivity index (χ1v) is 6.17. The smallest absolute Gasteiger partial charge is 0.0998 e. The summed E-state index contributed by atoms with van der Waals surface area (Å²) in [6, 6.07) is 6.41. The summed E-state index contributed by atoms with van der Waals surface area (Å²) in [7, 11) is 0. The van der Waals surface area contributed by atoms with Gasteiger partial charge in [-0.3, -0.25) is 0 Å². The molecule has 1 aromatic rings. The minimum absolute atomic E-state index is 0.150. The van der Waals surface area contributed by atoms with Crippen LogP contribution in [0.2, 0.25) is 0 Å². The summed E-state index contributed by atoms with van der Waals surface area (Å²) in [5.74, 6) is 0. The lowest BCUT2D eigenvalue weighted by atomic mass is 9.77. The minimum atomic E-state index is 0.150. The van der Waals surface area contributed by atoms with E-state index in [1.807, 2.05) is 6.07 Å². The van der Waals surface area contributed by atoms with Crippen LogP contribution >= 0.6 is 0 Å². The van der Waals surface area contributed by atoms with Crippen LogP contribution in [0.15, 0.2) is 17.7 Å². The number of rotatable bonds is 0. The van der Waals surface area contributed by atoms with Crippen molar-refractivity contribution in [1.29, 1.82) is 5.26 Å². The number of fused-ring (bicyclic) bond motifs is 1. The first-order chi connectivity index (χ1) is 7.93. The molecule has 1 nitrogen and oxygen atoms in total. The monoisotopic (exact) mass is 225 g/mol. The molecule has 0 bridgehead atoms. The zero-order valence-electron chi connectivity index (χ0n) is 11.1. The molecular formula is C16H19N. The van der Waals surface area contributed by atoms with E-state index in [4.69, 9.17) is 0 Å². The highest BCUT2D eigenvalue weighted by molar-refractivity contribution is 5.67. The molecule has 0 aliphatic heterocycles. The van der Waals surface area contributed by atoms with Crippen LogP contribution in [0.3, 0.4) is 0 Å². The molecule has 0 amide bonds. The Morgan fingerprint density at radius 2 is 1.88 bits per heavy atom. The van der Waals surface area contributed by atoms with Crippen molar-refractivity contribution >= 4 is 6.08 Å². The third kappa shape index (κ3) is 2.13. The lowest BCUT2D eigenvalue weighted by Gasteiger charge is -2.27. The predicted octanol–water partition coefficient (Wildman–Crippen LogP) is 4.21. The Morgan fingerprint density at radius 3 is 2.47 bits per heavy atom. The van der Waals surface area contributed by atoms with Gasteiger partial charge in [0.05, 0.1) is 11.6 Å². The predicted molar refractivity (Wildman–Crippen MR) is 71.8 cm³/mol. The van der Waals surface area contributed by atoms with E-state index in [2.05, 4.69) is 45.9 Å². The van der Waals surface area contributed by atoms with Gasteiger partial charge in [-0.15, -0.1) is 0 Å². The lowest BCUT2D eigenvalue weighted by Crippen LogP contribution is -2.17. The fraction of sp³-hybridized carbons (Fsp3) is 0.438. The molecule has 1 aliphatic carbocycles. The largest absolute Gasteiger partial charge is 0.192 e. The summed E-state index contributed by atoms with van der Waals surface area (Å²) >= 11 is 0. The number of allylic oxidation sites excluding steroid dienone is 1. The van der Waals surface area contributed by atoms with Crippen LogP contribution in [-0.4, -0.2) is 0 Å². The standard InChI is InChI=1S/C16H19N/c1-11-5-7-13-14(9-11)12(10-17)6-8-15(13)16(2,3)4/h6,8-9H,5,7H2,1-4H3. The first kappa shape index (κ1) is 11.9. The van der Waals surface area contributed by atoms with Gasteiger partial charge in [0.1, 0.15) is 0 Å². The van der Waals surface area contributed by atoms with Crippen molar-refractivity contribution < 1.29 is 0 Å². The molecule has 1 aromatic carbocycles. The van der Waals surface area contributed by atoms with Gasteiger partial charge in [0.25, 0.3) is 0 Å². The quantitative estimate of drug-likeness (QED) is 0.649. The van der Waals surface area contributed by atoms with E-state index in [0.29, 0.717) is 0 Å². The molecule has 17 heavy (non-hydrogen) atoms. The van der Waals surface area contributed by atoms with Crippen molar-refractivity contribution in [2.24, 2.45) is 0 Å². The molecule has 0 radical (unpaired) electrons. The minimum Gasteiger partial charge on any atom is -0.192 e. The molecule has 0 saturated heterocycles. The normalized spacial score (nSPS) is 14.9. The molecule has 0 unspecified atom stereocenters. The number of hydrogen-bond donors (Lipinski definition) is 0. The molecular weight excluding hydrogens is 206 g/mol. The molecule has 2 rings (SSSR count). The Labute approximate surface area is 104 Å². The van der Waals surface area contributed by atoms with Gasteiger partial charge < -0.3 is 0 Å². The number of benzene rings is 1. The van der Waals surface area contributed by atoms with Crippen molar-refractivity contribution in [2.45, 2.75) is 46.0 Å². The van der Waals surface area contributed by atoms with Gasteiger partial charge in [-0.25, -0.2) is 0 Å². The van der Waals surface area contributed by atoms with E-state index in [1.165, 1.54) is 16.7 Å². The molecule has 0 saturated carbocycles. The Balaban J connectivity index is 2.71. The van der Waals surface area contributed by atoms with Crippen molar-refractivity contribution in [3.05, 3.63) is 40.0 Å². The average molecular weight is 225 g/mol. The van der Waals surface area contributed by atoms with Crippen LogP contribution in [0.5, 0.6) is 0 Å². The molecule has 88 valence electrons. The van der Waals surface area contributed by atoms with Crippen LogP contribution < -0.4 is 0 Å². The third-order valence-electron chi connectivity index (χ3n) is 3.45. The molecule has 1 heteroatoms. The maximum atomic E-state index is 9.19. The summed E-state index contributed by atoms with van der Waals surface area (Å²) in [5.41, 5.74) is 6.25. The SMILES string of the molecule is CC1=Cc2c(C#N)ccc(C(C)(C)C)c2CC1. The number of nitrogens with zero attached hydrogens (tertiary/aromatic N) is 1. The summed E-state index contributed by atoms with van der Waals surface area (Å²) in [6.45, 7) is 8.85. The number of nitriles is 1. The van der Waals surface area contributed by atoms with Crippen molar-refractivity contribution in [2.75, 3.05) is 0 Å². The highest BCUT2D eigenvalue weighted by atomic mass is 14.3. The number of hydrogen-bond acceptors (Lipinski definition) is 1. The summed E-state index contributed by atoms with van der Waals surface area (Å²) in [5, 5.41) is 9.19. The Bertz CT molecular complexity index is 522. The Morgan fingerprint density at radius 1 is 1.18 bits per heavy atom. The van der Waals surface area contributed by atoms with Crippen LogP contribution in [0.1, 0.15) is 56.4 Å². The summed E-state index contributed by atoms with van der Waals surface area (Å²) in [4.78, 5) is 0. The van der Waals surface area contributed by atoms with E-state index < -0.39 is 0 Å². The third-order valence-corrected chi connectivity index (χ3v) is 3.45. The second kappa shape index (κ2) is 4.04. The van der Waals surface area contributed by atoms with Gasteiger partial charge in [-0.1, -0.05) is 38.5 Å². The Kier molecular flexibility index (Phi) is 2.83. The highest BCUT2D eigenvalue weighted by Crippen LogP contribution is 2.35. The maximum absolute atomic E-state index is 9.19. The van der Waals surface area contributed by atoms with Crippen LogP contribution in [0.25, 0.3) is 6.08 Å². The zero-order valence-corrected chi connectivity index (χ0v) is 11.1. The molecule has 0 fully saturated rings. The van der Waals surface area contributed by atoms with Crippen LogP contribution in [0.4, 0.5) is 0 Å². The molecule has 1 aliphatic rings. The van der Waals surface area contributed by atoms with E-state index in [0.717, 1.165) is 24.0 Å².